The molecule has 0 saturated heterocycles. The van der Waals surface area contributed by atoms with Gasteiger partial charge in [-0.1, -0.05) is 6.92 Å². The van der Waals surface area contributed by atoms with Crippen molar-refractivity contribution >= 4 is 14.8 Å². The summed E-state index contributed by atoms with van der Waals surface area (Å²) in [4.78, 5) is 11.8. The first-order chi connectivity index (χ1) is 10.0. The Balaban J connectivity index is 5.06. The molecule has 0 saturated carbocycles. The summed E-state index contributed by atoms with van der Waals surface area (Å²) in [5, 5.41) is 3.26. The second-order valence-electron chi connectivity index (χ2n) is 4.50. The molecule has 0 spiro atoms. The van der Waals surface area contributed by atoms with Crippen LogP contribution in [0.15, 0.2) is 0 Å². The molecule has 0 rings (SSSR count). The molecule has 0 aliphatic heterocycles. The van der Waals surface area contributed by atoms with Gasteiger partial charge in [0.2, 0.25) is 0 Å². The van der Waals surface area contributed by atoms with E-state index in [0.29, 0.717) is 26.4 Å². The molecule has 0 aliphatic rings. The number of rotatable bonds is 12. The van der Waals surface area contributed by atoms with Crippen LogP contribution >= 0.6 is 0 Å². The Morgan fingerprint density at radius 2 is 1.43 bits per heavy atom. The van der Waals surface area contributed by atoms with Crippen LogP contribution in [0.1, 0.15) is 48.0 Å². The summed E-state index contributed by atoms with van der Waals surface area (Å²) in [6.07, 6.45) is 0.746. The maximum atomic E-state index is 11.8. The number of esters is 1. The molecule has 1 N–H and O–H groups in total. The Labute approximate surface area is 129 Å². The first-order valence-electron chi connectivity index (χ1n) is 7.85. The van der Waals surface area contributed by atoms with Gasteiger partial charge in [0.1, 0.15) is 6.04 Å². The highest BCUT2D eigenvalue weighted by atomic mass is 28.4. The Morgan fingerprint density at radius 3 is 1.76 bits per heavy atom. The average molecular weight is 321 g/mol. The van der Waals surface area contributed by atoms with Crippen molar-refractivity contribution in [3.63, 3.8) is 0 Å². The summed E-state index contributed by atoms with van der Waals surface area (Å²) in [6.45, 7) is 13.3. The lowest BCUT2D eigenvalue weighted by Gasteiger charge is -2.36. The maximum Gasteiger partial charge on any atom is 0.518 e. The zero-order valence-electron chi connectivity index (χ0n) is 14.2. The van der Waals surface area contributed by atoms with Crippen molar-refractivity contribution in [1.29, 1.82) is 0 Å². The highest BCUT2D eigenvalue weighted by Gasteiger charge is 2.49. The van der Waals surface area contributed by atoms with Gasteiger partial charge >= 0.3 is 14.8 Å². The van der Waals surface area contributed by atoms with Crippen molar-refractivity contribution < 1.29 is 22.8 Å². The quantitative estimate of drug-likeness (QED) is 0.437. The first kappa shape index (κ1) is 20.5. The lowest BCUT2D eigenvalue weighted by Crippen LogP contribution is -2.64. The van der Waals surface area contributed by atoms with Gasteiger partial charge in [-0.3, -0.25) is 10.1 Å². The fourth-order valence-corrected chi connectivity index (χ4v) is 5.15. The molecule has 0 fully saturated rings. The van der Waals surface area contributed by atoms with Gasteiger partial charge in [-0.15, -0.1) is 0 Å². The third kappa shape index (κ3) is 6.44. The highest BCUT2D eigenvalue weighted by molar-refractivity contribution is 6.62. The van der Waals surface area contributed by atoms with Crippen LogP contribution < -0.4 is 5.32 Å². The van der Waals surface area contributed by atoms with Crippen molar-refractivity contribution in [2.24, 2.45) is 0 Å². The second kappa shape index (κ2) is 11.1. The molecular formula is C14H31NO5Si. The minimum Gasteiger partial charge on any atom is -0.465 e. The summed E-state index contributed by atoms with van der Waals surface area (Å²) < 4.78 is 22.7. The zero-order valence-corrected chi connectivity index (χ0v) is 15.2. The lowest BCUT2D eigenvalue weighted by atomic mass is 10.3. The number of carbonyl (C=O) groups excluding carboxylic acids is 1. The topological polar surface area (TPSA) is 66.0 Å². The number of hydrogen-bond acceptors (Lipinski definition) is 6. The van der Waals surface area contributed by atoms with E-state index in [4.69, 9.17) is 18.0 Å². The van der Waals surface area contributed by atoms with Crippen LogP contribution in [-0.2, 0) is 22.8 Å². The van der Waals surface area contributed by atoms with Gasteiger partial charge in [-0.25, -0.2) is 0 Å². The zero-order chi connectivity index (χ0) is 16.3. The number of hydrogen-bond donors (Lipinski definition) is 1. The minimum absolute atomic E-state index is 0.142. The molecule has 21 heavy (non-hydrogen) atoms. The van der Waals surface area contributed by atoms with E-state index in [1.54, 1.807) is 13.8 Å². The Hall–Kier alpha value is -0.473. The Morgan fingerprint density at radius 1 is 0.952 bits per heavy atom. The van der Waals surface area contributed by atoms with Crippen LogP contribution in [0.2, 0.25) is 0 Å². The van der Waals surface area contributed by atoms with Gasteiger partial charge in [0.15, 0.2) is 0 Å². The van der Waals surface area contributed by atoms with Crippen LogP contribution in [0.3, 0.4) is 0 Å². The van der Waals surface area contributed by atoms with E-state index in [2.05, 4.69) is 5.32 Å². The van der Waals surface area contributed by atoms with Gasteiger partial charge in [-0.2, -0.15) is 0 Å². The van der Waals surface area contributed by atoms with Crippen molar-refractivity contribution in [2.45, 2.75) is 59.7 Å². The van der Waals surface area contributed by atoms with Crippen LogP contribution in [0.5, 0.6) is 0 Å². The third-order valence-corrected chi connectivity index (χ3v) is 6.46. The lowest BCUT2D eigenvalue weighted by molar-refractivity contribution is -0.145. The molecule has 0 aromatic carbocycles. The van der Waals surface area contributed by atoms with Gasteiger partial charge in [0.05, 0.1) is 12.3 Å². The largest absolute Gasteiger partial charge is 0.518 e. The summed E-state index contributed by atoms with van der Waals surface area (Å²) in [7, 11) is -2.88. The maximum absolute atomic E-state index is 11.8. The molecule has 126 valence electrons. The van der Waals surface area contributed by atoms with Crippen molar-refractivity contribution in [3.05, 3.63) is 0 Å². The van der Waals surface area contributed by atoms with Gasteiger partial charge in [0.25, 0.3) is 0 Å². The molecule has 0 heterocycles. The standard InChI is InChI=1S/C14H31NO5Si/c1-7-13(15-12(6)14(16)17-8-2)21(18-9-3,19-10-4)20-11-5/h12-13,15H,7-11H2,1-6H3. The molecule has 0 aromatic heterocycles. The molecule has 2 unspecified atom stereocenters. The van der Waals surface area contributed by atoms with Gasteiger partial charge in [-0.05, 0) is 41.0 Å². The van der Waals surface area contributed by atoms with E-state index in [-0.39, 0.29) is 11.6 Å². The Bertz CT molecular complexity index is 274. The average Bonchev–Trinajstić information content (AvgIpc) is 2.45. The predicted octanol–water partition coefficient (Wildman–Crippen LogP) is 1.89. The van der Waals surface area contributed by atoms with Crippen LogP contribution in [-0.4, -0.2) is 52.9 Å². The van der Waals surface area contributed by atoms with Crippen molar-refractivity contribution in [3.8, 4) is 0 Å². The highest BCUT2D eigenvalue weighted by Crippen LogP contribution is 2.18. The molecule has 0 aliphatic carbocycles. The van der Waals surface area contributed by atoms with Crippen LogP contribution in [0.4, 0.5) is 0 Å². The van der Waals surface area contributed by atoms with Crippen molar-refractivity contribution in [1.82, 2.24) is 5.32 Å². The molecular weight excluding hydrogens is 290 g/mol. The smallest absolute Gasteiger partial charge is 0.465 e. The number of nitrogens with one attached hydrogen (secondary N) is 1. The van der Waals surface area contributed by atoms with E-state index < -0.39 is 14.8 Å². The predicted molar refractivity (Wildman–Crippen MR) is 83.9 cm³/mol. The van der Waals surface area contributed by atoms with Crippen molar-refractivity contribution in [2.75, 3.05) is 26.4 Å². The van der Waals surface area contributed by atoms with E-state index in [0.717, 1.165) is 6.42 Å². The monoisotopic (exact) mass is 321 g/mol. The third-order valence-electron chi connectivity index (χ3n) is 2.96. The Kier molecular flexibility index (Phi) is 10.9. The summed E-state index contributed by atoms with van der Waals surface area (Å²) in [5.74, 6) is -0.275. The molecule has 0 amide bonds. The first-order valence-corrected chi connectivity index (χ1v) is 9.65. The van der Waals surface area contributed by atoms with Crippen LogP contribution in [0, 0.1) is 0 Å². The van der Waals surface area contributed by atoms with E-state index in [1.165, 1.54) is 0 Å². The fraction of sp³-hybridized carbons (Fsp3) is 0.929. The number of carbonyl (C=O) groups is 1. The summed E-state index contributed by atoms with van der Waals surface area (Å²) in [5.41, 5.74) is -0.142. The van der Waals surface area contributed by atoms with E-state index in [1.807, 2.05) is 27.7 Å². The molecule has 6 nitrogen and oxygen atoms in total. The fourth-order valence-electron chi connectivity index (χ4n) is 2.14. The molecule has 2 atom stereocenters. The molecule has 0 radical (unpaired) electrons. The second-order valence-corrected chi connectivity index (χ2v) is 7.27. The van der Waals surface area contributed by atoms with E-state index >= 15 is 0 Å². The normalized spacial score (nSPS) is 14.8. The summed E-state index contributed by atoms with van der Waals surface area (Å²) >= 11 is 0. The molecule has 7 heteroatoms. The minimum atomic E-state index is -2.88. The van der Waals surface area contributed by atoms with Gasteiger partial charge in [0, 0.05) is 19.8 Å². The number of ether oxygens (including phenoxy) is 1. The summed E-state index contributed by atoms with van der Waals surface area (Å²) in [6, 6.07) is -0.428. The van der Waals surface area contributed by atoms with Crippen LogP contribution in [0.25, 0.3) is 0 Å². The molecule has 0 bridgehead atoms. The van der Waals surface area contributed by atoms with E-state index in [9.17, 15) is 4.79 Å². The van der Waals surface area contributed by atoms with Gasteiger partial charge < -0.3 is 18.0 Å². The molecule has 0 aromatic rings. The SMILES string of the molecule is CCOC(=O)C(C)NC(CC)[Si](OCC)(OCC)OCC.